The van der Waals surface area contributed by atoms with Gasteiger partial charge in [0, 0.05) is 4.88 Å². The van der Waals surface area contributed by atoms with Gasteiger partial charge in [-0.15, -0.1) is 11.3 Å². The molecule has 4 nitrogen and oxygen atoms in total. The minimum atomic E-state index is -0.132. The number of hydrazone groups is 1. The first-order valence-electron chi connectivity index (χ1n) is 9.69. The van der Waals surface area contributed by atoms with Crippen LogP contribution in [0.2, 0.25) is 0 Å². The Balaban J connectivity index is 1.50. The van der Waals surface area contributed by atoms with Crippen molar-refractivity contribution in [3.05, 3.63) is 51.2 Å². The highest BCUT2D eigenvalue weighted by molar-refractivity contribution is 7.14. The van der Waals surface area contributed by atoms with E-state index < -0.39 is 0 Å². The number of nitrogens with zero attached hydrogens (tertiary/aromatic N) is 1. The van der Waals surface area contributed by atoms with Crippen molar-refractivity contribution in [3.63, 3.8) is 0 Å². The second-order valence-corrected chi connectivity index (χ2v) is 8.84. The quantitative estimate of drug-likeness (QED) is 0.536. The zero-order valence-electron chi connectivity index (χ0n) is 16.3. The molecule has 0 spiro atoms. The first-order chi connectivity index (χ1) is 13.0. The van der Waals surface area contributed by atoms with Gasteiger partial charge in [0.05, 0.1) is 17.7 Å². The van der Waals surface area contributed by atoms with Crippen LogP contribution in [0.25, 0.3) is 0 Å². The summed E-state index contributed by atoms with van der Waals surface area (Å²) in [6.07, 6.45) is 6.08. The van der Waals surface area contributed by atoms with Gasteiger partial charge >= 0.3 is 0 Å². The van der Waals surface area contributed by atoms with Gasteiger partial charge in [-0.3, -0.25) is 4.79 Å². The Bertz CT molecular complexity index is 793. The van der Waals surface area contributed by atoms with Crippen LogP contribution in [0.4, 0.5) is 0 Å². The minimum absolute atomic E-state index is 0.132. The molecule has 0 aliphatic heterocycles. The molecule has 1 aromatic heterocycles. The number of hydrogen-bond donors (Lipinski definition) is 1. The van der Waals surface area contributed by atoms with E-state index >= 15 is 0 Å². The maximum atomic E-state index is 12.3. The fourth-order valence-corrected chi connectivity index (χ4v) is 4.20. The Morgan fingerprint density at radius 1 is 1.37 bits per heavy atom. The highest BCUT2D eigenvalue weighted by Gasteiger charge is 2.20. The third kappa shape index (κ3) is 5.67. The number of amides is 1. The van der Waals surface area contributed by atoms with Crippen LogP contribution in [0.5, 0.6) is 5.75 Å². The van der Waals surface area contributed by atoms with Gasteiger partial charge in [-0.2, -0.15) is 5.10 Å². The number of ether oxygens (including phenoxy) is 1. The van der Waals surface area contributed by atoms with Crippen molar-refractivity contribution in [1.82, 2.24) is 5.43 Å². The van der Waals surface area contributed by atoms with E-state index in [0.717, 1.165) is 42.1 Å². The van der Waals surface area contributed by atoms with Crippen LogP contribution in [-0.2, 0) is 12.8 Å². The number of rotatable bonds is 7. The molecule has 1 heterocycles. The number of fused-ring (bicyclic) bond motifs is 1. The van der Waals surface area contributed by atoms with Gasteiger partial charge in [0.15, 0.2) is 0 Å². The van der Waals surface area contributed by atoms with Crippen LogP contribution >= 0.6 is 11.3 Å². The predicted octanol–water partition coefficient (Wildman–Crippen LogP) is 5.06. The van der Waals surface area contributed by atoms with Crippen molar-refractivity contribution in [2.75, 3.05) is 6.61 Å². The summed E-state index contributed by atoms with van der Waals surface area (Å²) in [5.74, 6) is 2.07. The van der Waals surface area contributed by atoms with Crippen molar-refractivity contribution in [2.45, 2.75) is 46.5 Å². The Labute approximate surface area is 165 Å². The van der Waals surface area contributed by atoms with Crippen molar-refractivity contribution in [3.8, 4) is 5.75 Å². The summed E-state index contributed by atoms with van der Waals surface area (Å²) in [6, 6.07) is 9.76. The average Bonchev–Trinajstić information content (AvgIpc) is 3.06. The molecule has 1 aliphatic carbocycles. The summed E-state index contributed by atoms with van der Waals surface area (Å²) in [5, 5.41) is 4.10. The van der Waals surface area contributed by atoms with E-state index in [1.807, 2.05) is 30.3 Å². The van der Waals surface area contributed by atoms with E-state index in [0.29, 0.717) is 11.8 Å². The monoisotopic (exact) mass is 384 g/mol. The van der Waals surface area contributed by atoms with Gasteiger partial charge < -0.3 is 4.74 Å². The van der Waals surface area contributed by atoms with Crippen LogP contribution in [0.15, 0.2) is 35.4 Å². The lowest BCUT2D eigenvalue weighted by Crippen LogP contribution is -2.16. The van der Waals surface area contributed by atoms with Gasteiger partial charge in [0.25, 0.3) is 5.91 Å². The fraction of sp³-hybridized carbons (Fsp3) is 0.455. The van der Waals surface area contributed by atoms with Crippen LogP contribution < -0.4 is 10.2 Å². The molecule has 27 heavy (non-hydrogen) atoms. The molecule has 1 aliphatic rings. The number of thiophene rings is 1. The van der Waals surface area contributed by atoms with E-state index in [4.69, 9.17) is 4.74 Å². The molecule has 0 fully saturated rings. The van der Waals surface area contributed by atoms with Crippen molar-refractivity contribution in [1.29, 1.82) is 0 Å². The molecule has 0 saturated heterocycles. The van der Waals surface area contributed by atoms with Crippen molar-refractivity contribution < 1.29 is 9.53 Å². The number of hydrogen-bond acceptors (Lipinski definition) is 4. The number of carbonyl (C=O) groups excluding carboxylic acids is 1. The molecule has 0 radical (unpaired) electrons. The standard InChI is InChI=1S/C22H28N2O2S/c1-15(2)10-11-26-19-7-5-17(6-8-19)14-23-24-22(25)21-13-18-12-16(3)4-9-20(18)27-21/h5-8,13-16H,4,9-12H2,1-3H3,(H,24,25)/b23-14+. The Kier molecular flexibility index (Phi) is 6.67. The minimum Gasteiger partial charge on any atom is -0.494 e. The normalized spacial score (nSPS) is 16.5. The second-order valence-electron chi connectivity index (χ2n) is 7.71. The maximum absolute atomic E-state index is 12.3. The highest BCUT2D eigenvalue weighted by Crippen LogP contribution is 2.32. The third-order valence-corrected chi connectivity index (χ3v) is 6.01. The van der Waals surface area contributed by atoms with E-state index in [9.17, 15) is 4.79 Å². The molecule has 3 rings (SSSR count). The SMILES string of the molecule is CC(C)CCOc1ccc(/C=N/NC(=O)c2cc3c(s2)CCC(C)C3)cc1. The summed E-state index contributed by atoms with van der Waals surface area (Å²) in [4.78, 5) is 14.4. The first-order valence-corrected chi connectivity index (χ1v) is 10.5. The summed E-state index contributed by atoms with van der Waals surface area (Å²) in [5.41, 5.74) is 4.90. The summed E-state index contributed by atoms with van der Waals surface area (Å²) >= 11 is 1.60. The lowest BCUT2D eigenvalue weighted by molar-refractivity contribution is 0.0959. The number of aryl methyl sites for hydroxylation is 1. The molecule has 2 aromatic rings. The molecule has 1 atom stereocenters. The van der Waals surface area contributed by atoms with E-state index in [1.165, 1.54) is 16.9 Å². The first kappa shape index (κ1) is 19.6. The molecule has 1 aromatic carbocycles. The molecule has 1 amide bonds. The van der Waals surface area contributed by atoms with Crippen molar-refractivity contribution in [2.24, 2.45) is 16.9 Å². The molecule has 1 N–H and O–H groups in total. The Morgan fingerprint density at radius 2 is 2.15 bits per heavy atom. The largest absolute Gasteiger partial charge is 0.494 e. The topological polar surface area (TPSA) is 50.7 Å². The molecular weight excluding hydrogens is 356 g/mol. The molecule has 144 valence electrons. The van der Waals surface area contributed by atoms with Crippen LogP contribution in [0.3, 0.4) is 0 Å². The average molecular weight is 385 g/mol. The lowest BCUT2D eigenvalue weighted by atomic mass is 9.90. The number of benzene rings is 1. The van der Waals surface area contributed by atoms with Crippen LogP contribution in [0, 0.1) is 11.8 Å². The van der Waals surface area contributed by atoms with Crippen LogP contribution in [0.1, 0.15) is 59.3 Å². The Hall–Kier alpha value is -2.14. The zero-order chi connectivity index (χ0) is 19.2. The number of nitrogens with one attached hydrogen (secondary N) is 1. The van der Waals surface area contributed by atoms with Gasteiger partial charge in [0.2, 0.25) is 0 Å². The van der Waals surface area contributed by atoms with Crippen molar-refractivity contribution >= 4 is 23.5 Å². The summed E-state index contributed by atoms with van der Waals surface area (Å²) in [7, 11) is 0. The zero-order valence-corrected chi connectivity index (χ0v) is 17.1. The van der Waals surface area contributed by atoms with E-state index in [1.54, 1.807) is 17.6 Å². The van der Waals surface area contributed by atoms with E-state index in [-0.39, 0.29) is 5.91 Å². The molecule has 0 saturated carbocycles. The smallest absolute Gasteiger partial charge is 0.281 e. The predicted molar refractivity (Wildman–Crippen MR) is 112 cm³/mol. The lowest BCUT2D eigenvalue weighted by Gasteiger charge is -2.16. The number of carbonyl (C=O) groups is 1. The molecule has 5 heteroatoms. The molecular formula is C22H28N2O2S. The second kappa shape index (κ2) is 9.18. The third-order valence-electron chi connectivity index (χ3n) is 4.78. The maximum Gasteiger partial charge on any atom is 0.281 e. The highest BCUT2D eigenvalue weighted by atomic mass is 32.1. The van der Waals surface area contributed by atoms with Crippen LogP contribution in [-0.4, -0.2) is 18.7 Å². The fourth-order valence-electron chi connectivity index (χ4n) is 3.10. The van der Waals surface area contributed by atoms with Gasteiger partial charge in [0.1, 0.15) is 5.75 Å². The van der Waals surface area contributed by atoms with E-state index in [2.05, 4.69) is 31.3 Å². The summed E-state index contributed by atoms with van der Waals surface area (Å²) in [6.45, 7) is 7.36. The van der Waals surface area contributed by atoms with Gasteiger partial charge in [-0.05, 0) is 79.0 Å². The summed E-state index contributed by atoms with van der Waals surface area (Å²) < 4.78 is 5.71. The Morgan fingerprint density at radius 3 is 2.89 bits per heavy atom. The van der Waals surface area contributed by atoms with Gasteiger partial charge in [-0.1, -0.05) is 20.8 Å². The van der Waals surface area contributed by atoms with Gasteiger partial charge in [-0.25, -0.2) is 5.43 Å². The molecule has 1 unspecified atom stereocenters. The molecule has 0 bridgehead atoms.